The molecule has 0 heterocycles. The molecule has 2 atom stereocenters. The third-order valence-corrected chi connectivity index (χ3v) is 1.59. The predicted octanol–water partition coefficient (Wildman–Crippen LogP) is 2.15. The second kappa shape index (κ2) is 4.30. The summed E-state index contributed by atoms with van der Waals surface area (Å²) in [7, 11) is 1.80. The van der Waals surface area contributed by atoms with Crippen LogP contribution >= 0.6 is 0 Å². The van der Waals surface area contributed by atoms with E-state index in [0.717, 1.165) is 0 Å². The highest BCUT2D eigenvalue weighted by Gasteiger charge is 2.03. The van der Waals surface area contributed by atoms with Crippen molar-refractivity contribution in [3.63, 3.8) is 0 Å². The zero-order valence-corrected chi connectivity index (χ0v) is 6.46. The number of allylic oxidation sites excluding steroid dienone is 1. The van der Waals surface area contributed by atoms with E-state index in [1.165, 1.54) is 0 Å². The molecule has 0 aliphatic heterocycles. The van der Waals surface area contributed by atoms with Crippen LogP contribution in [0.5, 0.6) is 0 Å². The molecule has 0 aromatic heterocycles. The van der Waals surface area contributed by atoms with Gasteiger partial charge < -0.3 is 4.99 Å². The van der Waals surface area contributed by atoms with E-state index >= 15 is 0 Å². The van der Waals surface area contributed by atoms with Crippen molar-refractivity contribution in [3.05, 3.63) is 12.7 Å². The number of aliphatic imine (C=N–C) groups is 1. The molecule has 0 bridgehead atoms. The maximum absolute atomic E-state index is 3.93. The first kappa shape index (κ1) is 8.41. The Balaban J connectivity index is 3.71. The lowest BCUT2D eigenvalue weighted by atomic mass is 9.98. The second-order valence-corrected chi connectivity index (χ2v) is 2.36. The van der Waals surface area contributed by atoms with E-state index in [1.54, 1.807) is 7.05 Å². The van der Waals surface area contributed by atoms with Crippen molar-refractivity contribution in [2.75, 3.05) is 7.05 Å². The minimum Gasteiger partial charge on any atom is -0.301 e. The molecule has 0 aromatic carbocycles. The Labute approximate surface area is 57.5 Å². The molecular weight excluding hydrogens is 110 g/mol. The molecule has 1 heteroatoms. The van der Waals surface area contributed by atoms with Crippen LogP contribution in [0.4, 0.5) is 0 Å². The second-order valence-electron chi connectivity index (χ2n) is 2.36. The van der Waals surface area contributed by atoms with Gasteiger partial charge in [-0.1, -0.05) is 19.9 Å². The van der Waals surface area contributed by atoms with E-state index in [-0.39, 0.29) is 0 Å². The molecule has 0 aliphatic carbocycles. The Morgan fingerprint density at radius 3 is 2.22 bits per heavy atom. The molecule has 0 N–H and O–H groups in total. The molecule has 0 saturated heterocycles. The van der Waals surface area contributed by atoms with Crippen LogP contribution in [0.2, 0.25) is 0 Å². The smallest absolute Gasteiger partial charge is 0.0273 e. The number of hydrogen-bond acceptors (Lipinski definition) is 1. The molecule has 0 aromatic rings. The molecule has 0 aliphatic rings. The van der Waals surface area contributed by atoms with Gasteiger partial charge in [0.1, 0.15) is 0 Å². The van der Waals surface area contributed by atoms with Gasteiger partial charge in [0.05, 0.1) is 0 Å². The van der Waals surface area contributed by atoms with Gasteiger partial charge in [0.2, 0.25) is 0 Å². The molecule has 0 fully saturated rings. The average molecular weight is 125 g/mol. The monoisotopic (exact) mass is 125 g/mol. The topological polar surface area (TPSA) is 12.4 Å². The van der Waals surface area contributed by atoms with Gasteiger partial charge in [0, 0.05) is 13.3 Å². The third kappa shape index (κ3) is 3.07. The largest absolute Gasteiger partial charge is 0.301 e. The van der Waals surface area contributed by atoms with Crippen molar-refractivity contribution < 1.29 is 0 Å². The Kier molecular flexibility index (Phi) is 4.02. The first-order valence-electron chi connectivity index (χ1n) is 3.27. The normalized spacial score (nSPS) is 17.7. The fraction of sp³-hybridized carbons (Fsp3) is 0.625. The first-order chi connectivity index (χ1) is 4.22. The zero-order valence-electron chi connectivity index (χ0n) is 6.46. The minimum atomic E-state index is 0.521. The van der Waals surface area contributed by atoms with Gasteiger partial charge in [-0.15, -0.1) is 6.58 Å². The van der Waals surface area contributed by atoms with Crippen LogP contribution in [0.25, 0.3) is 0 Å². The van der Waals surface area contributed by atoms with Crippen molar-refractivity contribution in [2.45, 2.75) is 13.8 Å². The summed E-state index contributed by atoms with van der Waals surface area (Å²) in [5.74, 6) is 1.06. The predicted molar refractivity (Wildman–Crippen MR) is 42.9 cm³/mol. The summed E-state index contributed by atoms with van der Waals surface area (Å²) >= 11 is 0. The molecular formula is C8H15N. The summed E-state index contributed by atoms with van der Waals surface area (Å²) in [5.41, 5.74) is 0. The number of hydrogen-bond donors (Lipinski definition) is 0. The van der Waals surface area contributed by atoms with Crippen LogP contribution in [0, 0.1) is 11.8 Å². The van der Waals surface area contributed by atoms with Gasteiger partial charge in [-0.3, -0.25) is 0 Å². The highest BCUT2D eigenvalue weighted by molar-refractivity contribution is 5.60. The maximum Gasteiger partial charge on any atom is 0.0273 e. The maximum atomic E-state index is 3.93. The fourth-order valence-corrected chi connectivity index (χ4v) is 0.586. The summed E-state index contributed by atoms with van der Waals surface area (Å²) in [6.07, 6.45) is 3.90. The first-order valence-corrected chi connectivity index (χ1v) is 3.27. The van der Waals surface area contributed by atoms with E-state index in [0.29, 0.717) is 11.8 Å². The summed E-state index contributed by atoms with van der Waals surface area (Å²) in [6, 6.07) is 0. The quantitative estimate of drug-likeness (QED) is 0.405. The molecule has 0 rings (SSSR count). The summed E-state index contributed by atoms with van der Waals surface area (Å²) in [6.45, 7) is 7.98. The molecule has 0 saturated carbocycles. The van der Waals surface area contributed by atoms with Crippen LogP contribution in [-0.4, -0.2) is 13.3 Å². The zero-order chi connectivity index (χ0) is 7.28. The number of rotatable bonds is 3. The molecule has 9 heavy (non-hydrogen) atoms. The molecule has 0 amide bonds. The number of nitrogens with zero attached hydrogens (tertiary/aromatic N) is 1. The van der Waals surface area contributed by atoms with Crippen LogP contribution < -0.4 is 0 Å². The lowest BCUT2D eigenvalue weighted by Crippen LogP contribution is -2.05. The Bertz CT molecular complexity index is 105. The van der Waals surface area contributed by atoms with Gasteiger partial charge >= 0.3 is 0 Å². The van der Waals surface area contributed by atoms with Gasteiger partial charge in [-0.2, -0.15) is 0 Å². The molecule has 2 unspecified atom stereocenters. The van der Waals surface area contributed by atoms with Crippen molar-refractivity contribution >= 4 is 6.21 Å². The SMILES string of the molecule is C=CC(C)C(C)/C=N\C. The van der Waals surface area contributed by atoms with Crippen LogP contribution in [-0.2, 0) is 0 Å². The minimum absolute atomic E-state index is 0.521. The summed E-state index contributed by atoms with van der Waals surface area (Å²) in [4.78, 5) is 3.93. The fourth-order valence-electron chi connectivity index (χ4n) is 0.586. The summed E-state index contributed by atoms with van der Waals surface area (Å²) < 4.78 is 0. The van der Waals surface area contributed by atoms with E-state index in [9.17, 15) is 0 Å². The Morgan fingerprint density at radius 1 is 1.33 bits per heavy atom. The molecule has 1 nitrogen and oxygen atoms in total. The van der Waals surface area contributed by atoms with Gasteiger partial charge in [0.25, 0.3) is 0 Å². The van der Waals surface area contributed by atoms with E-state index in [1.807, 2.05) is 12.3 Å². The molecule has 0 spiro atoms. The van der Waals surface area contributed by atoms with Crippen LogP contribution in [0.1, 0.15) is 13.8 Å². The van der Waals surface area contributed by atoms with Crippen molar-refractivity contribution in [2.24, 2.45) is 16.8 Å². The lowest BCUT2D eigenvalue weighted by Gasteiger charge is -2.08. The Hall–Kier alpha value is -0.590. The van der Waals surface area contributed by atoms with E-state index in [4.69, 9.17) is 0 Å². The summed E-state index contributed by atoms with van der Waals surface area (Å²) in [5, 5.41) is 0. The van der Waals surface area contributed by atoms with Gasteiger partial charge in [0.15, 0.2) is 0 Å². The standard InChI is InChI=1S/C8H15N/c1-5-7(2)8(3)6-9-4/h5-8H,1H2,2-4H3/b9-6-. The van der Waals surface area contributed by atoms with Crippen molar-refractivity contribution in [1.82, 2.24) is 0 Å². The van der Waals surface area contributed by atoms with Crippen LogP contribution in [0.15, 0.2) is 17.6 Å². The van der Waals surface area contributed by atoms with Gasteiger partial charge in [-0.25, -0.2) is 0 Å². The lowest BCUT2D eigenvalue weighted by molar-refractivity contribution is 0.601. The highest BCUT2D eigenvalue weighted by Crippen LogP contribution is 2.08. The van der Waals surface area contributed by atoms with Gasteiger partial charge in [-0.05, 0) is 11.8 Å². The van der Waals surface area contributed by atoms with Crippen molar-refractivity contribution in [1.29, 1.82) is 0 Å². The Morgan fingerprint density at radius 2 is 1.89 bits per heavy atom. The van der Waals surface area contributed by atoms with Crippen LogP contribution in [0.3, 0.4) is 0 Å². The van der Waals surface area contributed by atoms with E-state index < -0.39 is 0 Å². The highest BCUT2D eigenvalue weighted by atomic mass is 14.6. The van der Waals surface area contributed by atoms with E-state index in [2.05, 4.69) is 25.4 Å². The molecule has 0 radical (unpaired) electrons. The third-order valence-electron chi connectivity index (χ3n) is 1.59. The molecule has 52 valence electrons. The average Bonchev–Trinajstić information content (AvgIpc) is 1.87. The van der Waals surface area contributed by atoms with Crippen molar-refractivity contribution in [3.8, 4) is 0 Å².